The molecule has 0 saturated carbocycles. The molecule has 13 heteroatoms. The van der Waals surface area contributed by atoms with Gasteiger partial charge >= 0.3 is 23.9 Å². The molecule has 2 amide bonds. The third-order valence-electron chi connectivity index (χ3n) is 4.91. The van der Waals surface area contributed by atoms with E-state index in [1.54, 1.807) is 12.1 Å². The number of hydrogen-bond donors (Lipinski definition) is 0. The summed E-state index contributed by atoms with van der Waals surface area (Å²) in [7, 11) is 0. The van der Waals surface area contributed by atoms with E-state index in [0.29, 0.717) is 5.06 Å². The van der Waals surface area contributed by atoms with Crippen LogP contribution in [0.4, 0.5) is 0 Å². The van der Waals surface area contributed by atoms with Gasteiger partial charge in [0.15, 0.2) is 18.3 Å². The number of carbonyl (C=O) groups is 6. The van der Waals surface area contributed by atoms with Crippen LogP contribution in [-0.4, -0.2) is 78.1 Å². The van der Waals surface area contributed by atoms with Gasteiger partial charge in [0, 0.05) is 27.7 Å². The molecule has 2 aliphatic rings. The molecular formula is C22H23NO12. The summed E-state index contributed by atoms with van der Waals surface area (Å²) in [4.78, 5) is 77.9. The van der Waals surface area contributed by atoms with Crippen LogP contribution in [0.2, 0.25) is 0 Å². The number of rotatable bonds is 7. The van der Waals surface area contributed by atoms with E-state index in [0.717, 1.165) is 27.7 Å². The Hall–Kier alpha value is -3.84. The van der Waals surface area contributed by atoms with Gasteiger partial charge in [0.2, 0.25) is 6.29 Å². The van der Waals surface area contributed by atoms with Crippen LogP contribution in [-0.2, 0) is 47.7 Å². The summed E-state index contributed by atoms with van der Waals surface area (Å²) in [5, 5.41) is 0.422. The van der Waals surface area contributed by atoms with Gasteiger partial charge in [-0.3, -0.25) is 28.8 Å². The first-order valence-electron chi connectivity index (χ1n) is 10.4. The van der Waals surface area contributed by atoms with E-state index < -0.39 is 73.0 Å². The smallest absolute Gasteiger partial charge is 0.303 e. The lowest BCUT2D eigenvalue weighted by Gasteiger charge is -2.44. The molecule has 1 aromatic carbocycles. The highest BCUT2D eigenvalue weighted by Gasteiger charge is 2.54. The number of imide groups is 1. The summed E-state index contributed by atoms with van der Waals surface area (Å²) >= 11 is 0. The summed E-state index contributed by atoms with van der Waals surface area (Å²) in [6.07, 6.45) is -7.49. The molecule has 5 atom stereocenters. The van der Waals surface area contributed by atoms with E-state index in [1.807, 2.05) is 0 Å². The molecule has 1 fully saturated rings. The second kappa shape index (κ2) is 10.6. The van der Waals surface area contributed by atoms with Gasteiger partial charge in [-0.1, -0.05) is 12.1 Å². The lowest BCUT2D eigenvalue weighted by molar-refractivity contribution is -0.341. The molecular weight excluding hydrogens is 470 g/mol. The molecule has 0 aliphatic carbocycles. The molecule has 1 saturated heterocycles. The third-order valence-corrected chi connectivity index (χ3v) is 4.91. The second-order valence-electron chi connectivity index (χ2n) is 7.62. The minimum Gasteiger partial charge on any atom is -0.463 e. The number of hydrogen-bond acceptors (Lipinski definition) is 12. The van der Waals surface area contributed by atoms with Gasteiger partial charge < -0.3 is 23.7 Å². The largest absolute Gasteiger partial charge is 0.463 e. The number of amides is 2. The molecule has 0 spiro atoms. The van der Waals surface area contributed by atoms with Crippen molar-refractivity contribution >= 4 is 35.7 Å². The van der Waals surface area contributed by atoms with Gasteiger partial charge in [-0.05, 0) is 12.1 Å². The SMILES string of the molecule is CC(=O)OC[C@H]1O[C@@H](ON2C(=O)c3ccccc3C2=O)[C@H](OC(C)=O)[C@@H](OC(C)=O)[C@H]1OC(C)=O. The van der Waals surface area contributed by atoms with Crippen LogP contribution in [0.1, 0.15) is 48.4 Å². The van der Waals surface area contributed by atoms with Gasteiger partial charge in [0.1, 0.15) is 12.7 Å². The highest BCUT2D eigenvalue weighted by molar-refractivity contribution is 6.20. The molecule has 188 valence electrons. The van der Waals surface area contributed by atoms with E-state index in [9.17, 15) is 28.8 Å². The Morgan fingerprint density at radius 1 is 0.771 bits per heavy atom. The Morgan fingerprint density at radius 2 is 1.26 bits per heavy atom. The molecule has 3 rings (SSSR count). The molecule has 35 heavy (non-hydrogen) atoms. The van der Waals surface area contributed by atoms with E-state index in [4.69, 9.17) is 28.5 Å². The highest BCUT2D eigenvalue weighted by atomic mass is 16.8. The monoisotopic (exact) mass is 493 g/mol. The van der Waals surface area contributed by atoms with Gasteiger partial charge in [-0.2, -0.15) is 0 Å². The number of nitrogens with zero attached hydrogens (tertiary/aromatic N) is 1. The van der Waals surface area contributed by atoms with Crippen molar-refractivity contribution in [2.24, 2.45) is 0 Å². The number of esters is 4. The zero-order valence-electron chi connectivity index (χ0n) is 19.2. The standard InChI is InChI=1S/C22H23NO12/c1-10(24)30-9-16-17(31-11(2)25)18(32-12(3)26)19(33-13(4)27)22(34-16)35-23-20(28)14-7-5-6-8-15(14)21(23)29/h5-8,16-19,22H,9H2,1-4H3/t16-,17+,18+,19-,22+/m1/s1. The number of ether oxygens (including phenoxy) is 5. The van der Waals surface area contributed by atoms with Crippen LogP contribution in [0.15, 0.2) is 24.3 Å². The molecule has 0 N–H and O–H groups in total. The van der Waals surface area contributed by atoms with Crippen LogP contribution in [0.25, 0.3) is 0 Å². The summed E-state index contributed by atoms with van der Waals surface area (Å²) in [5.74, 6) is -4.80. The first-order chi connectivity index (χ1) is 16.5. The summed E-state index contributed by atoms with van der Waals surface area (Å²) in [5.41, 5.74) is 0.145. The molecule has 0 bridgehead atoms. The Labute approximate surface area is 199 Å². The minimum atomic E-state index is -1.71. The quantitative estimate of drug-likeness (QED) is 0.291. The third kappa shape index (κ3) is 5.81. The molecule has 2 heterocycles. The van der Waals surface area contributed by atoms with Crippen LogP contribution in [0.3, 0.4) is 0 Å². The fourth-order valence-electron chi connectivity index (χ4n) is 3.64. The van der Waals surface area contributed by atoms with Gasteiger partial charge in [0.05, 0.1) is 11.1 Å². The molecule has 2 aliphatic heterocycles. The molecule has 0 unspecified atom stereocenters. The maximum atomic E-state index is 12.8. The Kier molecular flexibility index (Phi) is 7.82. The minimum absolute atomic E-state index is 0.0723. The van der Waals surface area contributed by atoms with Crippen LogP contribution >= 0.6 is 0 Å². The normalized spacial score (nSPS) is 25.5. The zero-order valence-corrected chi connectivity index (χ0v) is 19.2. The zero-order chi connectivity index (χ0) is 25.9. The Bertz CT molecular complexity index is 1020. The van der Waals surface area contributed by atoms with Crippen molar-refractivity contribution in [1.82, 2.24) is 5.06 Å². The maximum absolute atomic E-state index is 12.8. The molecule has 1 aromatic rings. The number of carbonyl (C=O) groups excluding carboxylic acids is 6. The van der Waals surface area contributed by atoms with Crippen LogP contribution < -0.4 is 0 Å². The number of benzene rings is 1. The van der Waals surface area contributed by atoms with Crippen molar-refractivity contribution in [3.63, 3.8) is 0 Å². The molecule has 13 nitrogen and oxygen atoms in total. The van der Waals surface area contributed by atoms with Crippen molar-refractivity contribution in [3.8, 4) is 0 Å². The average molecular weight is 493 g/mol. The maximum Gasteiger partial charge on any atom is 0.303 e. The Balaban J connectivity index is 1.98. The number of hydroxylamine groups is 2. The first-order valence-corrected chi connectivity index (χ1v) is 10.4. The van der Waals surface area contributed by atoms with Crippen molar-refractivity contribution in [2.75, 3.05) is 6.61 Å². The first kappa shape index (κ1) is 25.8. The average Bonchev–Trinajstić information content (AvgIpc) is 3.00. The van der Waals surface area contributed by atoms with Gasteiger partial charge in [-0.15, -0.1) is 5.06 Å². The number of fused-ring (bicyclic) bond motifs is 1. The lowest BCUT2D eigenvalue weighted by Crippen LogP contribution is -2.63. The molecule has 0 aromatic heterocycles. The van der Waals surface area contributed by atoms with E-state index in [1.165, 1.54) is 12.1 Å². The lowest BCUT2D eigenvalue weighted by atomic mass is 9.98. The van der Waals surface area contributed by atoms with Crippen molar-refractivity contribution in [3.05, 3.63) is 35.4 Å². The topological polar surface area (TPSA) is 161 Å². The van der Waals surface area contributed by atoms with Crippen LogP contribution in [0, 0.1) is 0 Å². The van der Waals surface area contributed by atoms with Gasteiger partial charge in [0.25, 0.3) is 11.8 Å². The second-order valence-corrected chi connectivity index (χ2v) is 7.62. The Morgan fingerprint density at radius 3 is 1.74 bits per heavy atom. The summed E-state index contributed by atoms with van der Waals surface area (Å²) in [6, 6.07) is 5.96. The van der Waals surface area contributed by atoms with E-state index >= 15 is 0 Å². The van der Waals surface area contributed by atoms with Crippen LogP contribution in [0.5, 0.6) is 0 Å². The predicted octanol–water partition coefficient (Wildman–Crippen LogP) is 0.297. The highest BCUT2D eigenvalue weighted by Crippen LogP contribution is 2.32. The van der Waals surface area contributed by atoms with Gasteiger partial charge in [-0.25, -0.2) is 4.84 Å². The predicted molar refractivity (Wildman–Crippen MR) is 110 cm³/mol. The van der Waals surface area contributed by atoms with E-state index in [-0.39, 0.29) is 11.1 Å². The summed E-state index contributed by atoms with van der Waals surface area (Å²) in [6.45, 7) is 3.83. The van der Waals surface area contributed by atoms with E-state index in [2.05, 4.69) is 0 Å². The summed E-state index contributed by atoms with van der Waals surface area (Å²) < 4.78 is 26.5. The van der Waals surface area contributed by atoms with Crippen molar-refractivity contribution in [2.45, 2.75) is 58.4 Å². The fourth-order valence-corrected chi connectivity index (χ4v) is 3.64. The fraction of sp³-hybridized carbons (Fsp3) is 0.455. The van der Waals surface area contributed by atoms with Crippen molar-refractivity contribution in [1.29, 1.82) is 0 Å². The molecule has 0 radical (unpaired) electrons. The van der Waals surface area contributed by atoms with Crippen molar-refractivity contribution < 1.29 is 57.3 Å².